The molecule has 0 aliphatic rings. The minimum absolute atomic E-state index is 0.0696. The maximum Gasteiger partial charge on any atom is 0.308 e. The zero-order valence-electron chi connectivity index (χ0n) is 11.9. The SMILES string of the molecule is O=C(CCn1c(=O)sc2ccccc21)Nc1cccc(Cl)c1Cl. The Bertz CT molecular complexity index is 933. The first-order valence-electron chi connectivity index (χ1n) is 6.88. The second kappa shape index (κ2) is 6.74. The molecule has 1 N–H and O–H groups in total. The van der Waals surface area contributed by atoms with Gasteiger partial charge in [0.25, 0.3) is 0 Å². The number of rotatable bonds is 4. The molecular formula is C16H12Cl2N2O2S. The van der Waals surface area contributed by atoms with Gasteiger partial charge in [-0.1, -0.05) is 52.7 Å². The summed E-state index contributed by atoms with van der Waals surface area (Å²) >= 11 is 13.1. The smallest absolute Gasteiger partial charge is 0.308 e. The van der Waals surface area contributed by atoms with E-state index in [1.54, 1.807) is 22.8 Å². The van der Waals surface area contributed by atoms with E-state index in [9.17, 15) is 9.59 Å². The summed E-state index contributed by atoms with van der Waals surface area (Å²) in [6, 6.07) is 12.6. The highest BCUT2D eigenvalue weighted by atomic mass is 35.5. The number of thiazole rings is 1. The molecule has 118 valence electrons. The van der Waals surface area contributed by atoms with Crippen LogP contribution in [-0.2, 0) is 11.3 Å². The van der Waals surface area contributed by atoms with E-state index in [2.05, 4.69) is 5.32 Å². The molecule has 0 aliphatic heterocycles. The molecule has 0 aliphatic carbocycles. The van der Waals surface area contributed by atoms with Crippen molar-refractivity contribution in [3.8, 4) is 0 Å². The Kier molecular flexibility index (Phi) is 4.71. The fraction of sp³-hybridized carbons (Fsp3) is 0.125. The molecule has 0 bridgehead atoms. The number of aryl methyl sites for hydroxylation is 1. The van der Waals surface area contributed by atoms with Crippen molar-refractivity contribution >= 4 is 56.3 Å². The third-order valence-corrected chi connectivity index (χ3v) is 5.14. The number of nitrogens with one attached hydrogen (secondary N) is 1. The summed E-state index contributed by atoms with van der Waals surface area (Å²) in [4.78, 5) is 24.0. The van der Waals surface area contributed by atoms with Crippen LogP contribution < -0.4 is 10.2 Å². The highest BCUT2D eigenvalue weighted by Crippen LogP contribution is 2.29. The lowest BCUT2D eigenvalue weighted by molar-refractivity contribution is -0.116. The minimum atomic E-state index is -0.226. The van der Waals surface area contributed by atoms with Crippen LogP contribution in [0.4, 0.5) is 5.69 Å². The Hall–Kier alpha value is -1.82. The summed E-state index contributed by atoms with van der Waals surface area (Å²) in [7, 11) is 0. The van der Waals surface area contributed by atoms with Crippen LogP contribution >= 0.6 is 34.5 Å². The van der Waals surface area contributed by atoms with E-state index < -0.39 is 0 Å². The van der Waals surface area contributed by atoms with Crippen molar-refractivity contribution in [1.82, 2.24) is 4.57 Å². The number of anilines is 1. The van der Waals surface area contributed by atoms with Crippen molar-refractivity contribution in [2.45, 2.75) is 13.0 Å². The van der Waals surface area contributed by atoms with E-state index in [0.29, 0.717) is 22.3 Å². The lowest BCUT2D eigenvalue weighted by atomic mass is 10.3. The average molecular weight is 367 g/mol. The largest absolute Gasteiger partial charge is 0.325 e. The predicted molar refractivity (Wildman–Crippen MR) is 95.8 cm³/mol. The molecule has 0 unspecified atom stereocenters. The van der Waals surface area contributed by atoms with Gasteiger partial charge in [-0.25, -0.2) is 0 Å². The fourth-order valence-corrected chi connectivity index (χ4v) is 3.52. The molecular weight excluding hydrogens is 355 g/mol. The minimum Gasteiger partial charge on any atom is -0.325 e. The highest BCUT2D eigenvalue weighted by molar-refractivity contribution is 7.16. The topological polar surface area (TPSA) is 51.1 Å². The molecule has 7 heteroatoms. The molecule has 0 radical (unpaired) electrons. The van der Waals surface area contributed by atoms with Crippen LogP contribution in [0.15, 0.2) is 47.3 Å². The van der Waals surface area contributed by atoms with E-state index in [1.807, 2.05) is 24.3 Å². The van der Waals surface area contributed by atoms with Crippen LogP contribution in [0.25, 0.3) is 10.2 Å². The van der Waals surface area contributed by atoms with Gasteiger partial charge in [0.05, 0.1) is 25.9 Å². The van der Waals surface area contributed by atoms with E-state index in [4.69, 9.17) is 23.2 Å². The van der Waals surface area contributed by atoms with Gasteiger partial charge in [0, 0.05) is 13.0 Å². The Morgan fingerprint density at radius 2 is 1.91 bits per heavy atom. The van der Waals surface area contributed by atoms with Crippen molar-refractivity contribution in [3.63, 3.8) is 0 Å². The summed E-state index contributed by atoms with van der Waals surface area (Å²) in [5, 5.41) is 3.40. The number of para-hydroxylation sites is 1. The average Bonchev–Trinajstić information content (AvgIpc) is 2.85. The Morgan fingerprint density at radius 3 is 2.74 bits per heavy atom. The zero-order chi connectivity index (χ0) is 16.4. The highest BCUT2D eigenvalue weighted by Gasteiger charge is 2.11. The van der Waals surface area contributed by atoms with Gasteiger partial charge in [-0.05, 0) is 24.3 Å². The summed E-state index contributed by atoms with van der Waals surface area (Å²) in [5.74, 6) is -0.226. The molecule has 3 rings (SSSR count). The fourth-order valence-electron chi connectivity index (χ4n) is 2.25. The van der Waals surface area contributed by atoms with Gasteiger partial charge in [0.1, 0.15) is 0 Å². The van der Waals surface area contributed by atoms with Crippen molar-refractivity contribution < 1.29 is 4.79 Å². The number of hydrogen-bond acceptors (Lipinski definition) is 3. The first-order valence-corrected chi connectivity index (χ1v) is 8.46. The van der Waals surface area contributed by atoms with Crippen molar-refractivity contribution in [3.05, 3.63) is 62.2 Å². The predicted octanol–water partition coefficient (Wildman–Crippen LogP) is 4.40. The second-order valence-corrected chi connectivity index (χ2v) is 6.67. The standard InChI is InChI=1S/C16H12Cl2N2O2S/c17-10-4-3-5-11(15(10)18)19-14(21)8-9-20-12-6-1-2-7-13(12)23-16(20)22/h1-7H,8-9H2,(H,19,21). The Labute approximate surface area is 146 Å². The van der Waals surface area contributed by atoms with Crippen LogP contribution in [0.2, 0.25) is 10.0 Å². The van der Waals surface area contributed by atoms with Crippen molar-refractivity contribution in [2.75, 3.05) is 5.32 Å². The van der Waals surface area contributed by atoms with E-state index in [-0.39, 0.29) is 17.2 Å². The van der Waals surface area contributed by atoms with Gasteiger partial charge in [-0.3, -0.25) is 14.2 Å². The number of fused-ring (bicyclic) bond motifs is 1. The van der Waals surface area contributed by atoms with E-state index in [1.165, 1.54) is 11.3 Å². The summed E-state index contributed by atoms with van der Waals surface area (Å²) in [5.41, 5.74) is 1.31. The lowest BCUT2D eigenvalue weighted by Gasteiger charge is -2.08. The molecule has 1 amide bonds. The molecule has 0 saturated carbocycles. The first-order chi connectivity index (χ1) is 11.1. The number of carbonyl (C=O) groups excluding carboxylic acids is 1. The quantitative estimate of drug-likeness (QED) is 0.743. The van der Waals surface area contributed by atoms with Gasteiger partial charge in [-0.15, -0.1) is 0 Å². The van der Waals surface area contributed by atoms with Crippen LogP contribution in [0.3, 0.4) is 0 Å². The van der Waals surface area contributed by atoms with Crippen LogP contribution in [0, 0.1) is 0 Å². The van der Waals surface area contributed by atoms with Gasteiger partial charge in [0.2, 0.25) is 5.91 Å². The van der Waals surface area contributed by atoms with Crippen molar-refractivity contribution in [2.24, 2.45) is 0 Å². The lowest BCUT2D eigenvalue weighted by Crippen LogP contribution is -2.19. The molecule has 0 atom stereocenters. The molecule has 0 fully saturated rings. The number of hydrogen-bond donors (Lipinski definition) is 1. The van der Waals surface area contributed by atoms with Gasteiger partial charge in [0.15, 0.2) is 0 Å². The maximum absolute atomic E-state index is 12.1. The Morgan fingerprint density at radius 1 is 1.13 bits per heavy atom. The molecule has 4 nitrogen and oxygen atoms in total. The summed E-state index contributed by atoms with van der Waals surface area (Å²) < 4.78 is 2.52. The molecule has 23 heavy (non-hydrogen) atoms. The number of benzene rings is 2. The van der Waals surface area contributed by atoms with Gasteiger partial charge >= 0.3 is 4.87 Å². The number of nitrogens with zero attached hydrogens (tertiary/aromatic N) is 1. The third-order valence-electron chi connectivity index (χ3n) is 3.36. The summed E-state index contributed by atoms with van der Waals surface area (Å²) in [6.45, 7) is 0.312. The molecule has 3 aromatic rings. The van der Waals surface area contributed by atoms with Crippen molar-refractivity contribution in [1.29, 1.82) is 0 Å². The number of aromatic nitrogens is 1. The zero-order valence-corrected chi connectivity index (χ0v) is 14.2. The molecule has 1 aromatic heterocycles. The van der Waals surface area contributed by atoms with Crippen LogP contribution in [0.5, 0.6) is 0 Å². The Balaban J connectivity index is 1.72. The van der Waals surface area contributed by atoms with Crippen LogP contribution in [0.1, 0.15) is 6.42 Å². The normalized spacial score (nSPS) is 10.9. The number of carbonyl (C=O) groups is 1. The molecule has 0 spiro atoms. The molecule has 0 saturated heterocycles. The molecule has 1 heterocycles. The maximum atomic E-state index is 12.1. The third kappa shape index (κ3) is 3.42. The van der Waals surface area contributed by atoms with E-state index in [0.717, 1.165) is 10.2 Å². The number of halogens is 2. The summed E-state index contributed by atoms with van der Waals surface area (Å²) in [6.07, 6.45) is 0.170. The first kappa shape index (κ1) is 16.1. The monoisotopic (exact) mass is 366 g/mol. The van der Waals surface area contributed by atoms with E-state index >= 15 is 0 Å². The van der Waals surface area contributed by atoms with Gasteiger partial charge in [-0.2, -0.15) is 0 Å². The second-order valence-electron chi connectivity index (χ2n) is 4.89. The molecule has 2 aromatic carbocycles. The van der Waals surface area contributed by atoms with Crippen LogP contribution in [-0.4, -0.2) is 10.5 Å². The van der Waals surface area contributed by atoms with Gasteiger partial charge < -0.3 is 5.32 Å². The number of amides is 1.